The number of nitrogens with one attached hydrogen (secondary N) is 2. The van der Waals surface area contributed by atoms with Crippen LogP contribution in [0.4, 0.5) is 0 Å². The lowest BCUT2D eigenvalue weighted by Gasteiger charge is -2.15. The molecule has 0 saturated heterocycles. The zero-order valence-electron chi connectivity index (χ0n) is 12.3. The molecule has 0 unspecified atom stereocenters. The van der Waals surface area contributed by atoms with Crippen LogP contribution in [0.5, 0.6) is 0 Å². The van der Waals surface area contributed by atoms with Crippen LogP contribution in [0.3, 0.4) is 0 Å². The molecule has 0 aliphatic carbocycles. The van der Waals surface area contributed by atoms with Gasteiger partial charge in [0, 0.05) is 26.4 Å². The maximum atomic E-state index is 11.6. The van der Waals surface area contributed by atoms with Crippen molar-refractivity contribution in [2.75, 3.05) is 33.9 Å². The molecule has 1 rings (SSSR count). The molecule has 0 atom stereocenters. The highest BCUT2D eigenvalue weighted by molar-refractivity contribution is 5.93. The number of carbonyl (C=O) groups excluding carboxylic acids is 2. The molecule has 1 aromatic heterocycles. The van der Waals surface area contributed by atoms with Crippen LogP contribution in [-0.4, -0.2) is 55.6 Å². The molecule has 0 bridgehead atoms. The first kappa shape index (κ1) is 17.0. The normalized spacial score (nSPS) is 10.5. The highest BCUT2D eigenvalue weighted by atomic mass is 16.5. The largest absolute Gasteiger partial charge is 0.383 e. The van der Waals surface area contributed by atoms with E-state index in [0.29, 0.717) is 25.3 Å². The molecule has 1 heterocycles. The van der Waals surface area contributed by atoms with E-state index in [0.717, 1.165) is 5.69 Å². The summed E-state index contributed by atoms with van der Waals surface area (Å²) in [4.78, 5) is 28.9. The molecule has 8 nitrogen and oxygen atoms in total. The molecule has 8 heteroatoms. The number of hydrogen-bond acceptors (Lipinski definition) is 6. The van der Waals surface area contributed by atoms with Gasteiger partial charge in [0.25, 0.3) is 5.91 Å². The summed E-state index contributed by atoms with van der Waals surface area (Å²) in [5, 5.41) is 2.74. The number of hydrogen-bond donors (Lipinski definition) is 3. The second-order valence-electron chi connectivity index (χ2n) is 4.53. The Morgan fingerprint density at radius 3 is 2.76 bits per heavy atom. The van der Waals surface area contributed by atoms with Gasteiger partial charge < -0.3 is 10.1 Å². The van der Waals surface area contributed by atoms with Crippen LogP contribution >= 0.6 is 0 Å². The number of pyridine rings is 1. The molecule has 0 radical (unpaired) electrons. The number of rotatable bonds is 8. The summed E-state index contributed by atoms with van der Waals surface area (Å²) in [6.07, 6.45) is 1.45. The van der Waals surface area contributed by atoms with Crippen LogP contribution in [0.2, 0.25) is 0 Å². The summed E-state index contributed by atoms with van der Waals surface area (Å²) in [6, 6.07) is 3.36. The van der Waals surface area contributed by atoms with Gasteiger partial charge in [0.1, 0.15) is 0 Å². The number of methoxy groups -OCH3 is 1. The maximum absolute atomic E-state index is 11.6. The van der Waals surface area contributed by atoms with Gasteiger partial charge in [-0.1, -0.05) is 0 Å². The van der Waals surface area contributed by atoms with Crippen LogP contribution in [0.15, 0.2) is 18.3 Å². The fourth-order valence-electron chi connectivity index (χ4n) is 1.66. The second kappa shape index (κ2) is 9.01. The summed E-state index contributed by atoms with van der Waals surface area (Å²) in [7, 11) is 3.40. The molecule has 0 saturated carbocycles. The van der Waals surface area contributed by atoms with E-state index < -0.39 is 0 Å². The number of nitrogens with two attached hydrogens (primary N) is 1. The van der Waals surface area contributed by atoms with Gasteiger partial charge in [0.05, 0.1) is 24.4 Å². The Hall–Kier alpha value is -2.03. The topological polar surface area (TPSA) is 110 Å². The Bertz CT molecular complexity index is 463. The Labute approximate surface area is 123 Å². The van der Waals surface area contributed by atoms with Crippen molar-refractivity contribution >= 4 is 11.8 Å². The fourth-order valence-corrected chi connectivity index (χ4v) is 1.66. The number of nitrogen functional groups attached to an aromatic ring is 1. The zero-order chi connectivity index (χ0) is 15.7. The summed E-state index contributed by atoms with van der Waals surface area (Å²) in [5.74, 6) is 4.57. The van der Waals surface area contributed by atoms with Gasteiger partial charge in [-0.15, -0.1) is 0 Å². The number of hydrazine groups is 1. The summed E-state index contributed by atoms with van der Waals surface area (Å²) in [6.45, 7) is 1.74. The molecule has 0 fully saturated rings. The van der Waals surface area contributed by atoms with Gasteiger partial charge in [-0.25, -0.2) is 5.84 Å². The summed E-state index contributed by atoms with van der Waals surface area (Å²) in [5.41, 5.74) is 3.19. The zero-order valence-corrected chi connectivity index (χ0v) is 12.3. The number of carbonyl (C=O) groups is 2. The Morgan fingerprint density at radius 1 is 1.43 bits per heavy atom. The molecule has 2 amide bonds. The standard InChI is InChI=1S/C13H21N5O3/c1-18(9-12(19)15-5-6-21-2)8-11-4-3-10(7-16-11)13(20)17-14/h3-4,7H,5-6,8-9,14H2,1-2H3,(H,15,19)(H,17,20). The van der Waals surface area contributed by atoms with Gasteiger partial charge in [0.2, 0.25) is 5.91 Å². The van der Waals surface area contributed by atoms with Gasteiger partial charge in [0.15, 0.2) is 0 Å². The molecule has 4 N–H and O–H groups in total. The third kappa shape index (κ3) is 6.30. The second-order valence-corrected chi connectivity index (χ2v) is 4.53. The average molecular weight is 295 g/mol. The van der Waals surface area contributed by atoms with Gasteiger partial charge >= 0.3 is 0 Å². The maximum Gasteiger partial charge on any atom is 0.266 e. The number of amides is 2. The van der Waals surface area contributed by atoms with Crippen molar-refractivity contribution in [1.82, 2.24) is 20.6 Å². The minimum absolute atomic E-state index is 0.0753. The number of likely N-dealkylation sites (N-methyl/N-ethyl adjacent to an activating group) is 1. The SMILES string of the molecule is COCCNC(=O)CN(C)Cc1ccc(C(=O)NN)cn1. The Morgan fingerprint density at radius 2 is 2.19 bits per heavy atom. The Kier molecular flexibility index (Phi) is 7.30. The molecular weight excluding hydrogens is 274 g/mol. The van der Waals surface area contributed by atoms with Crippen molar-refractivity contribution in [3.63, 3.8) is 0 Å². The van der Waals surface area contributed by atoms with E-state index >= 15 is 0 Å². The van der Waals surface area contributed by atoms with E-state index in [1.54, 1.807) is 19.2 Å². The van der Waals surface area contributed by atoms with E-state index in [1.807, 2.05) is 17.4 Å². The van der Waals surface area contributed by atoms with Crippen molar-refractivity contribution in [3.05, 3.63) is 29.6 Å². The third-order valence-electron chi connectivity index (χ3n) is 2.69. The first-order valence-corrected chi connectivity index (χ1v) is 6.47. The van der Waals surface area contributed by atoms with Crippen molar-refractivity contribution in [2.24, 2.45) is 5.84 Å². The van der Waals surface area contributed by atoms with Crippen molar-refractivity contribution in [2.45, 2.75) is 6.54 Å². The Balaban J connectivity index is 2.42. The van der Waals surface area contributed by atoms with Crippen molar-refractivity contribution in [3.8, 4) is 0 Å². The molecule has 0 aliphatic rings. The predicted octanol–water partition coefficient (Wildman–Crippen LogP) is -1.12. The van der Waals surface area contributed by atoms with E-state index in [-0.39, 0.29) is 18.4 Å². The number of aromatic nitrogens is 1. The van der Waals surface area contributed by atoms with Crippen LogP contribution in [0.25, 0.3) is 0 Å². The summed E-state index contributed by atoms with van der Waals surface area (Å²) < 4.78 is 4.85. The van der Waals surface area contributed by atoms with E-state index in [4.69, 9.17) is 10.6 Å². The van der Waals surface area contributed by atoms with E-state index in [2.05, 4.69) is 10.3 Å². The smallest absolute Gasteiger partial charge is 0.266 e. The van der Waals surface area contributed by atoms with Gasteiger partial charge in [-0.05, 0) is 19.2 Å². The molecule has 0 aliphatic heterocycles. The fraction of sp³-hybridized carbons (Fsp3) is 0.462. The highest BCUT2D eigenvalue weighted by Gasteiger charge is 2.08. The minimum Gasteiger partial charge on any atom is -0.383 e. The van der Waals surface area contributed by atoms with Crippen LogP contribution < -0.4 is 16.6 Å². The first-order valence-electron chi connectivity index (χ1n) is 6.47. The lowest BCUT2D eigenvalue weighted by atomic mass is 10.2. The molecule has 1 aromatic rings. The van der Waals surface area contributed by atoms with Gasteiger partial charge in [-0.3, -0.25) is 24.9 Å². The van der Waals surface area contributed by atoms with Crippen LogP contribution in [-0.2, 0) is 16.1 Å². The predicted molar refractivity (Wildman–Crippen MR) is 77.1 cm³/mol. The molecule has 0 spiro atoms. The molecule has 21 heavy (non-hydrogen) atoms. The van der Waals surface area contributed by atoms with E-state index in [9.17, 15) is 9.59 Å². The van der Waals surface area contributed by atoms with Crippen molar-refractivity contribution < 1.29 is 14.3 Å². The summed E-state index contributed by atoms with van der Waals surface area (Å²) >= 11 is 0. The quantitative estimate of drug-likeness (QED) is 0.242. The van der Waals surface area contributed by atoms with Crippen molar-refractivity contribution in [1.29, 1.82) is 0 Å². The monoisotopic (exact) mass is 295 g/mol. The van der Waals surface area contributed by atoms with Gasteiger partial charge in [-0.2, -0.15) is 0 Å². The molecule has 0 aromatic carbocycles. The minimum atomic E-state index is -0.389. The average Bonchev–Trinajstić information content (AvgIpc) is 2.47. The lowest BCUT2D eigenvalue weighted by molar-refractivity contribution is -0.122. The van der Waals surface area contributed by atoms with Crippen LogP contribution in [0, 0.1) is 0 Å². The lowest BCUT2D eigenvalue weighted by Crippen LogP contribution is -2.36. The first-order chi connectivity index (χ1) is 10.1. The van der Waals surface area contributed by atoms with E-state index in [1.165, 1.54) is 6.20 Å². The number of ether oxygens (including phenoxy) is 1. The highest BCUT2D eigenvalue weighted by Crippen LogP contribution is 2.02. The molecular formula is C13H21N5O3. The van der Waals surface area contributed by atoms with Crippen LogP contribution in [0.1, 0.15) is 16.1 Å². The third-order valence-corrected chi connectivity index (χ3v) is 2.69. The number of nitrogens with zero attached hydrogens (tertiary/aromatic N) is 2. The molecule has 116 valence electrons.